The summed E-state index contributed by atoms with van der Waals surface area (Å²) in [5, 5.41) is 3.76. The Balaban J connectivity index is 0.964. The minimum Gasteiger partial charge on any atom is -0.380 e. The molecule has 4 aromatic rings. The zero-order chi connectivity index (χ0) is 48.3. The smallest absolute Gasteiger partial charge is 0.380 e. The molecule has 19 heteroatoms. The van der Waals surface area contributed by atoms with Gasteiger partial charge >= 0.3 is 5.51 Å². The quantitative estimate of drug-likeness (QED) is 0.104. The number of ether oxygens (including phenoxy) is 1. The summed E-state index contributed by atoms with van der Waals surface area (Å²) in [6.07, 6.45) is 6.33. The minimum absolute atomic E-state index is 0.0486. The van der Waals surface area contributed by atoms with Crippen molar-refractivity contribution >= 4 is 60.3 Å². The Morgan fingerprint density at radius 1 is 0.940 bits per heavy atom. The molecule has 0 bridgehead atoms. The van der Waals surface area contributed by atoms with E-state index < -0.39 is 47.2 Å². The van der Waals surface area contributed by atoms with Gasteiger partial charge in [0.25, 0.3) is 19.9 Å². The fourth-order valence-electron chi connectivity index (χ4n) is 9.35. The number of fused-ring (bicyclic) bond motifs is 1. The number of benzene rings is 3. The molecule has 12 nitrogen and oxygen atoms in total. The first kappa shape index (κ1) is 48.3. The molecule has 2 N–H and O–H groups in total. The third-order valence-electron chi connectivity index (χ3n) is 13.2. The molecular weight excluding hydrogens is 943 g/mol. The second-order valence-corrected chi connectivity index (χ2v) is 23.6. The lowest BCUT2D eigenvalue weighted by atomic mass is 9.72. The van der Waals surface area contributed by atoms with E-state index in [0.717, 1.165) is 55.9 Å². The number of halogens is 4. The van der Waals surface area contributed by atoms with Crippen LogP contribution in [0.3, 0.4) is 0 Å². The van der Waals surface area contributed by atoms with Crippen LogP contribution in [0.15, 0.2) is 99.4 Å². The van der Waals surface area contributed by atoms with Gasteiger partial charge in [0.15, 0.2) is 0 Å². The number of thioether (sulfide) groups is 1. The van der Waals surface area contributed by atoms with Crippen LogP contribution < -0.4 is 10.0 Å². The van der Waals surface area contributed by atoms with Gasteiger partial charge in [-0.3, -0.25) is 19.4 Å². The fourth-order valence-corrected chi connectivity index (χ4v) is 12.6. The number of sulfonamides is 1. The number of piperidine rings is 1. The predicted octanol–water partition coefficient (Wildman–Crippen LogP) is 9.01. The van der Waals surface area contributed by atoms with E-state index in [0.29, 0.717) is 93.2 Å². The minimum atomic E-state index is -6.03. The lowest BCUT2D eigenvalue weighted by Crippen LogP contribution is -2.47. The Morgan fingerprint density at radius 2 is 1.67 bits per heavy atom. The van der Waals surface area contributed by atoms with Crippen molar-refractivity contribution in [2.45, 2.75) is 97.6 Å². The highest BCUT2D eigenvalue weighted by atomic mass is 35.5. The van der Waals surface area contributed by atoms with Gasteiger partial charge in [-0.15, -0.1) is 11.8 Å². The van der Waals surface area contributed by atoms with E-state index in [-0.39, 0.29) is 23.5 Å². The number of hydrogen-bond donors (Lipinski definition) is 2. The molecule has 67 heavy (non-hydrogen) atoms. The molecule has 0 radical (unpaired) electrons. The number of hydrogen-bond acceptors (Lipinski definition) is 12. The van der Waals surface area contributed by atoms with E-state index in [1.165, 1.54) is 34.8 Å². The highest BCUT2D eigenvalue weighted by Crippen LogP contribution is 2.44. The van der Waals surface area contributed by atoms with E-state index in [4.69, 9.17) is 16.3 Å². The summed E-state index contributed by atoms with van der Waals surface area (Å²) in [6, 6.07) is 18.9. The van der Waals surface area contributed by atoms with E-state index in [2.05, 4.69) is 60.7 Å². The van der Waals surface area contributed by atoms with Crippen molar-refractivity contribution in [3.05, 3.63) is 107 Å². The van der Waals surface area contributed by atoms with E-state index in [1.807, 2.05) is 42.5 Å². The van der Waals surface area contributed by atoms with Crippen LogP contribution in [0.5, 0.6) is 0 Å². The van der Waals surface area contributed by atoms with Gasteiger partial charge in [0, 0.05) is 73.9 Å². The van der Waals surface area contributed by atoms with Crippen molar-refractivity contribution in [2.24, 2.45) is 5.41 Å². The molecule has 0 amide bonds. The van der Waals surface area contributed by atoms with E-state index >= 15 is 0 Å². The molecule has 2 fully saturated rings. The average molecular weight is 1000 g/mol. The molecule has 0 saturated carbocycles. The summed E-state index contributed by atoms with van der Waals surface area (Å²) >= 11 is 7.70. The monoisotopic (exact) mass is 1000 g/mol. The molecule has 0 unspecified atom stereocenters. The summed E-state index contributed by atoms with van der Waals surface area (Å²) in [5.41, 5.74) is -0.788. The van der Waals surface area contributed by atoms with Crippen LogP contribution in [-0.4, -0.2) is 124 Å². The van der Waals surface area contributed by atoms with Gasteiger partial charge in [-0.1, -0.05) is 61.4 Å². The maximum atomic E-state index is 14.3. The van der Waals surface area contributed by atoms with Crippen LogP contribution in [0, 0.1) is 5.41 Å². The number of likely N-dealkylation sites (tertiary alicyclic amines) is 1. The van der Waals surface area contributed by atoms with Crippen LogP contribution in [0.4, 0.5) is 24.7 Å². The molecule has 8 rings (SSSR count). The Bertz CT molecular complexity index is 2670. The first-order valence-corrected chi connectivity index (χ1v) is 27.1. The molecule has 4 aliphatic rings. The molecular formula is C48H59ClF3N7O5S3. The van der Waals surface area contributed by atoms with Crippen LogP contribution in [0.2, 0.25) is 5.02 Å². The maximum absolute atomic E-state index is 14.3. The van der Waals surface area contributed by atoms with E-state index in [9.17, 15) is 31.4 Å². The predicted molar refractivity (Wildman–Crippen MR) is 259 cm³/mol. The molecule has 4 heterocycles. The number of allylic oxidation sites excluding steroid dienone is 1. The topological polar surface area (TPSA) is 137 Å². The number of anilines is 2. The molecule has 362 valence electrons. The Hall–Kier alpha value is -3.75. The SMILES string of the molecule is [2H]C1(N2CCc3c(ncnc3NS(=O)(=O)c3ccc(N[C@H](CCN4CCOCC4)CSc4ccccc4)c(S(=O)(=O)C(F)(F)F)c3)C2)CCN(CC2=C(c3ccc(Cl)cc3)CC(C)(C)CC2)CC1. The second-order valence-electron chi connectivity index (χ2n) is 18.5. The molecule has 2 saturated heterocycles. The highest BCUT2D eigenvalue weighted by Gasteiger charge is 2.48. The van der Waals surface area contributed by atoms with Crippen LogP contribution >= 0.6 is 23.4 Å². The summed E-state index contributed by atoms with van der Waals surface area (Å²) in [5.74, 6) is 0.341. The van der Waals surface area contributed by atoms with Crippen molar-refractivity contribution < 1.29 is 36.1 Å². The van der Waals surface area contributed by atoms with Crippen LogP contribution in [-0.2, 0) is 37.6 Å². The first-order valence-electron chi connectivity index (χ1n) is 23.3. The standard InChI is InChI=1S/C48H59ClF3N7O5S3/c1-47(2)19-14-35(42(29-47)34-8-10-36(49)11-9-34)30-58-21-16-38(17-22-58)59-23-18-41-44(31-59)53-33-54-46(41)56-67(62,63)40-12-13-43(45(28-40)66(60,61)48(50,51)52)55-37(15-20-57-24-26-64-27-25-57)32-65-39-6-4-3-5-7-39/h3-13,28,33,37-38,55H,14-27,29-32H2,1-2H3,(H,53,54,56)/t37-/m1/s1/i38D. The zero-order valence-electron chi connectivity index (χ0n) is 38.8. The molecule has 1 atom stereocenters. The van der Waals surface area contributed by atoms with Gasteiger partial charge in [-0.05, 0) is 117 Å². The largest absolute Gasteiger partial charge is 0.501 e. The number of nitrogens with zero attached hydrogens (tertiary/aromatic N) is 5. The third-order valence-corrected chi connectivity index (χ3v) is 17.5. The summed E-state index contributed by atoms with van der Waals surface area (Å²) in [7, 11) is -10.7. The van der Waals surface area contributed by atoms with Crippen molar-refractivity contribution in [3.63, 3.8) is 0 Å². The van der Waals surface area contributed by atoms with Crippen molar-refractivity contribution in [1.29, 1.82) is 0 Å². The zero-order valence-corrected chi connectivity index (χ0v) is 41.0. The van der Waals surface area contributed by atoms with Gasteiger partial charge < -0.3 is 10.1 Å². The number of aromatic nitrogens is 2. The van der Waals surface area contributed by atoms with Gasteiger partial charge in [0.2, 0.25) is 0 Å². The Morgan fingerprint density at radius 3 is 2.39 bits per heavy atom. The fraction of sp³-hybridized carbons (Fsp3) is 0.500. The number of nitrogens with one attached hydrogen (secondary N) is 2. The van der Waals surface area contributed by atoms with Crippen molar-refractivity contribution in [1.82, 2.24) is 24.7 Å². The third kappa shape index (κ3) is 12.4. The Kier molecular flexibility index (Phi) is 15.2. The van der Waals surface area contributed by atoms with E-state index in [1.54, 1.807) is 0 Å². The van der Waals surface area contributed by atoms with Gasteiger partial charge in [-0.25, -0.2) is 26.8 Å². The molecule has 1 aromatic heterocycles. The summed E-state index contributed by atoms with van der Waals surface area (Å²) < 4.78 is 115. The average Bonchev–Trinajstić information content (AvgIpc) is 3.31. The van der Waals surface area contributed by atoms with Crippen molar-refractivity contribution in [2.75, 3.05) is 74.8 Å². The second kappa shape index (κ2) is 21.1. The lowest BCUT2D eigenvalue weighted by Gasteiger charge is -2.41. The summed E-state index contributed by atoms with van der Waals surface area (Å²) in [6.45, 7) is 10.7. The van der Waals surface area contributed by atoms with Gasteiger partial charge in [-0.2, -0.15) is 13.2 Å². The van der Waals surface area contributed by atoms with Crippen LogP contribution in [0.25, 0.3) is 5.57 Å². The molecule has 3 aromatic carbocycles. The maximum Gasteiger partial charge on any atom is 0.501 e. The lowest BCUT2D eigenvalue weighted by molar-refractivity contribution is -0.0435. The summed E-state index contributed by atoms with van der Waals surface area (Å²) in [4.78, 5) is 14.5. The number of alkyl halides is 3. The number of morpholine rings is 1. The normalized spacial score (nSPS) is 20.5. The first-order chi connectivity index (χ1) is 32.3. The number of sulfone groups is 1. The van der Waals surface area contributed by atoms with Crippen LogP contribution in [0.1, 0.15) is 70.6 Å². The Labute approximate surface area is 403 Å². The van der Waals surface area contributed by atoms with Gasteiger partial charge in [0.1, 0.15) is 17.0 Å². The molecule has 3 aliphatic heterocycles. The molecule has 1 aliphatic carbocycles. The highest BCUT2D eigenvalue weighted by molar-refractivity contribution is 7.99. The van der Waals surface area contributed by atoms with Gasteiger partial charge in [0.05, 0.1) is 29.5 Å². The van der Waals surface area contributed by atoms with Crippen molar-refractivity contribution in [3.8, 4) is 0 Å². The molecule has 0 spiro atoms. The number of rotatable bonds is 16.